The van der Waals surface area contributed by atoms with E-state index in [1.165, 1.54) is 30.9 Å². The number of nitrogens with zero attached hydrogens (tertiary/aromatic N) is 2. The SMILES string of the molecule is CCCN1CCN(C(CN)c2cccs2)CC1. The lowest BCUT2D eigenvalue weighted by Gasteiger charge is -2.38. The molecule has 0 radical (unpaired) electrons. The highest BCUT2D eigenvalue weighted by molar-refractivity contribution is 7.10. The van der Waals surface area contributed by atoms with Crippen molar-refractivity contribution in [3.8, 4) is 0 Å². The molecule has 0 spiro atoms. The number of hydrogen-bond acceptors (Lipinski definition) is 4. The van der Waals surface area contributed by atoms with Crippen molar-refractivity contribution in [2.24, 2.45) is 5.73 Å². The van der Waals surface area contributed by atoms with Crippen LogP contribution in [-0.2, 0) is 0 Å². The fourth-order valence-corrected chi connectivity index (χ4v) is 3.41. The lowest BCUT2D eigenvalue weighted by molar-refractivity contribution is 0.0998. The van der Waals surface area contributed by atoms with Gasteiger partial charge in [0.05, 0.1) is 6.04 Å². The molecule has 0 aliphatic carbocycles. The van der Waals surface area contributed by atoms with Gasteiger partial charge >= 0.3 is 0 Å². The van der Waals surface area contributed by atoms with Gasteiger partial charge in [0.25, 0.3) is 0 Å². The first kappa shape index (κ1) is 13.0. The van der Waals surface area contributed by atoms with Crippen molar-refractivity contribution in [3.63, 3.8) is 0 Å². The second-order valence-corrected chi connectivity index (χ2v) is 5.62. The summed E-state index contributed by atoms with van der Waals surface area (Å²) in [5, 5.41) is 2.14. The predicted molar refractivity (Wildman–Crippen MR) is 74.4 cm³/mol. The van der Waals surface area contributed by atoms with Gasteiger partial charge in [-0.1, -0.05) is 13.0 Å². The fraction of sp³-hybridized carbons (Fsp3) is 0.692. The van der Waals surface area contributed by atoms with E-state index in [0.29, 0.717) is 6.04 Å². The predicted octanol–water partition coefficient (Wildman–Crippen LogP) is 1.78. The summed E-state index contributed by atoms with van der Waals surface area (Å²) in [6.45, 7) is 8.90. The zero-order valence-corrected chi connectivity index (χ0v) is 11.5. The summed E-state index contributed by atoms with van der Waals surface area (Å²) in [4.78, 5) is 6.51. The molecule has 1 fully saturated rings. The summed E-state index contributed by atoms with van der Waals surface area (Å²) in [7, 11) is 0. The molecule has 1 aliphatic rings. The van der Waals surface area contributed by atoms with Crippen LogP contribution in [0.5, 0.6) is 0 Å². The Morgan fingerprint density at radius 2 is 2.12 bits per heavy atom. The largest absolute Gasteiger partial charge is 0.329 e. The summed E-state index contributed by atoms with van der Waals surface area (Å²) in [6.07, 6.45) is 1.26. The van der Waals surface area contributed by atoms with Crippen molar-refractivity contribution < 1.29 is 0 Å². The van der Waals surface area contributed by atoms with Crippen LogP contribution in [0.2, 0.25) is 0 Å². The van der Waals surface area contributed by atoms with Gasteiger partial charge in [-0.05, 0) is 24.4 Å². The maximum absolute atomic E-state index is 5.94. The maximum Gasteiger partial charge on any atom is 0.0565 e. The van der Waals surface area contributed by atoms with Crippen molar-refractivity contribution in [1.29, 1.82) is 0 Å². The zero-order valence-electron chi connectivity index (χ0n) is 10.6. The molecule has 0 amide bonds. The minimum Gasteiger partial charge on any atom is -0.329 e. The lowest BCUT2D eigenvalue weighted by Crippen LogP contribution is -2.48. The average molecular weight is 253 g/mol. The smallest absolute Gasteiger partial charge is 0.0565 e. The van der Waals surface area contributed by atoms with Crippen molar-refractivity contribution in [1.82, 2.24) is 9.80 Å². The van der Waals surface area contributed by atoms with Crippen LogP contribution in [0.15, 0.2) is 17.5 Å². The molecule has 1 aromatic heterocycles. The van der Waals surface area contributed by atoms with E-state index in [2.05, 4.69) is 34.2 Å². The Bertz CT molecular complexity index is 304. The molecule has 1 atom stereocenters. The molecule has 96 valence electrons. The third kappa shape index (κ3) is 3.28. The normalized spacial score (nSPS) is 20.6. The highest BCUT2D eigenvalue weighted by Gasteiger charge is 2.24. The third-order valence-corrected chi connectivity index (χ3v) is 4.46. The average Bonchev–Trinajstić information content (AvgIpc) is 2.86. The van der Waals surface area contributed by atoms with Gasteiger partial charge in [-0.2, -0.15) is 0 Å². The highest BCUT2D eigenvalue weighted by Crippen LogP contribution is 2.25. The molecule has 2 heterocycles. The van der Waals surface area contributed by atoms with Gasteiger partial charge in [0, 0.05) is 37.6 Å². The van der Waals surface area contributed by atoms with Crippen molar-refractivity contribution in [2.45, 2.75) is 19.4 Å². The van der Waals surface area contributed by atoms with Gasteiger partial charge in [0.1, 0.15) is 0 Å². The summed E-state index contributed by atoms with van der Waals surface area (Å²) in [6, 6.07) is 4.76. The third-order valence-electron chi connectivity index (χ3n) is 3.48. The van der Waals surface area contributed by atoms with Crippen molar-refractivity contribution >= 4 is 11.3 Å². The van der Waals surface area contributed by atoms with Crippen molar-refractivity contribution in [3.05, 3.63) is 22.4 Å². The van der Waals surface area contributed by atoms with Crippen LogP contribution in [0, 0.1) is 0 Å². The minimum absolute atomic E-state index is 0.429. The van der Waals surface area contributed by atoms with Crippen molar-refractivity contribution in [2.75, 3.05) is 39.3 Å². The molecule has 2 rings (SSSR count). The van der Waals surface area contributed by atoms with Gasteiger partial charge < -0.3 is 10.6 Å². The van der Waals surface area contributed by atoms with E-state index in [-0.39, 0.29) is 0 Å². The molecule has 4 heteroatoms. The fourth-order valence-electron chi connectivity index (χ4n) is 2.54. The van der Waals surface area contributed by atoms with Crippen LogP contribution >= 0.6 is 11.3 Å². The number of piperazine rings is 1. The van der Waals surface area contributed by atoms with Gasteiger partial charge in [-0.3, -0.25) is 4.90 Å². The summed E-state index contributed by atoms with van der Waals surface area (Å²) in [5.41, 5.74) is 5.94. The molecular weight excluding hydrogens is 230 g/mol. The van der Waals surface area contributed by atoms with Gasteiger partial charge in [-0.15, -0.1) is 11.3 Å². The van der Waals surface area contributed by atoms with Crippen LogP contribution < -0.4 is 5.73 Å². The Morgan fingerprint density at radius 3 is 2.65 bits per heavy atom. The quantitative estimate of drug-likeness (QED) is 0.868. The van der Waals surface area contributed by atoms with Crippen LogP contribution in [0.25, 0.3) is 0 Å². The van der Waals surface area contributed by atoms with Crippen LogP contribution in [0.4, 0.5) is 0 Å². The maximum atomic E-state index is 5.94. The number of thiophene rings is 1. The van der Waals surface area contributed by atoms with E-state index in [9.17, 15) is 0 Å². The topological polar surface area (TPSA) is 32.5 Å². The molecule has 3 nitrogen and oxygen atoms in total. The van der Waals surface area contributed by atoms with Crippen LogP contribution in [0.1, 0.15) is 24.3 Å². The molecule has 1 unspecified atom stereocenters. The molecule has 2 N–H and O–H groups in total. The van der Waals surface area contributed by atoms with E-state index < -0.39 is 0 Å². The Kier molecular flexibility index (Phi) is 4.98. The standard InChI is InChI=1S/C13H23N3S/c1-2-5-15-6-8-16(9-7-15)12(11-14)13-4-3-10-17-13/h3-4,10,12H,2,5-9,11,14H2,1H3. The second-order valence-electron chi connectivity index (χ2n) is 4.64. The van der Waals surface area contributed by atoms with E-state index in [1.807, 2.05) is 11.3 Å². The number of rotatable bonds is 5. The van der Waals surface area contributed by atoms with Gasteiger partial charge in [-0.25, -0.2) is 0 Å². The molecule has 1 aromatic rings. The molecule has 17 heavy (non-hydrogen) atoms. The van der Waals surface area contributed by atoms with E-state index >= 15 is 0 Å². The first-order valence-corrected chi connectivity index (χ1v) is 7.43. The minimum atomic E-state index is 0.429. The Labute approximate surface area is 108 Å². The Balaban J connectivity index is 1.90. The Hall–Kier alpha value is -0.420. The van der Waals surface area contributed by atoms with Gasteiger partial charge in [0.2, 0.25) is 0 Å². The monoisotopic (exact) mass is 253 g/mol. The summed E-state index contributed by atoms with van der Waals surface area (Å²) < 4.78 is 0. The van der Waals surface area contributed by atoms with Gasteiger partial charge in [0.15, 0.2) is 0 Å². The van der Waals surface area contributed by atoms with Crippen LogP contribution in [0.3, 0.4) is 0 Å². The van der Waals surface area contributed by atoms with E-state index in [0.717, 1.165) is 19.6 Å². The van der Waals surface area contributed by atoms with E-state index in [4.69, 9.17) is 5.73 Å². The summed E-state index contributed by atoms with van der Waals surface area (Å²) >= 11 is 1.83. The molecular formula is C13H23N3S. The molecule has 0 aromatic carbocycles. The van der Waals surface area contributed by atoms with Crippen LogP contribution in [-0.4, -0.2) is 49.1 Å². The molecule has 1 aliphatic heterocycles. The lowest BCUT2D eigenvalue weighted by atomic mass is 10.1. The second kappa shape index (κ2) is 6.50. The summed E-state index contributed by atoms with van der Waals surface area (Å²) in [5.74, 6) is 0. The molecule has 0 bridgehead atoms. The first-order valence-electron chi connectivity index (χ1n) is 6.55. The molecule has 0 saturated carbocycles. The Morgan fingerprint density at radius 1 is 1.35 bits per heavy atom. The molecule has 1 saturated heterocycles. The highest BCUT2D eigenvalue weighted by atomic mass is 32.1. The number of hydrogen-bond donors (Lipinski definition) is 1. The van der Waals surface area contributed by atoms with E-state index in [1.54, 1.807) is 0 Å². The first-order chi connectivity index (χ1) is 8.35. The zero-order chi connectivity index (χ0) is 12.1. The number of nitrogens with two attached hydrogens (primary N) is 1.